The van der Waals surface area contributed by atoms with Gasteiger partial charge in [0.15, 0.2) is 11.3 Å². The van der Waals surface area contributed by atoms with Gasteiger partial charge in [-0.25, -0.2) is 42.5 Å². The Morgan fingerprint density at radius 1 is 0.701 bits per heavy atom. The van der Waals surface area contributed by atoms with E-state index in [0.29, 0.717) is 76.8 Å². The Morgan fingerprint density at radius 3 is 1.74 bits per heavy atom. The first-order chi connectivity index (χ1) is 37.1. The fourth-order valence-corrected chi connectivity index (χ4v) is 9.73. The molecule has 0 saturated carbocycles. The molecule has 2 atom stereocenters. The molecule has 4 aromatic heterocycles. The largest absolute Gasteiger partial charge is 0.383 e. The van der Waals surface area contributed by atoms with E-state index in [1.807, 2.05) is 57.9 Å². The highest BCUT2D eigenvalue weighted by atomic mass is 19.1. The number of nitrogens with two attached hydrogens (primary N) is 2. The molecule has 6 heterocycles. The van der Waals surface area contributed by atoms with Crippen molar-refractivity contribution < 1.29 is 32.3 Å². The molecule has 2 fully saturated rings. The van der Waals surface area contributed by atoms with Gasteiger partial charge in [-0.1, -0.05) is 73.8 Å². The summed E-state index contributed by atoms with van der Waals surface area (Å²) >= 11 is 0. The van der Waals surface area contributed by atoms with Crippen molar-refractivity contribution in [2.24, 2.45) is 0 Å². The molecule has 394 valence electrons. The van der Waals surface area contributed by atoms with E-state index in [-0.39, 0.29) is 48.1 Å². The van der Waals surface area contributed by atoms with Crippen molar-refractivity contribution in [2.75, 3.05) is 44.7 Å². The summed E-state index contributed by atoms with van der Waals surface area (Å²) in [5.74, 6) is -2.68. The lowest BCUT2D eigenvalue weighted by molar-refractivity contribution is -0.128. The number of carbonyl (C=O) groups is 4. The number of aromatic nitrogens is 8. The Kier molecular flexibility index (Phi) is 15.5. The van der Waals surface area contributed by atoms with Gasteiger partial charge in [0.25, 0.3) is 11.8 Å². The average Bonchev–Trinajstić information content (AvgIpc) is 4.15. The third-order valence-electron chi connectivity index (χ3n) is 13.8. The lowest BCUT2D eigenvalue weighted by Gasteiger charge is -2.32. The molecule has 0 aliphatic carbocycles. The highest BCUT2D eigenvalue weighted by Crippen LogP contribution is 2.36. The summed E-state index contributed by atoms with van der Waals surface area (Å²) in [7, 11) is 1.53. The second kappa shape index (κ2) is 22.7. The zero-order valence-corrected chi connectivity index (χ0v) is 42.4. The maximum absolute atomic E-state index is 14.3. The number of amides is 4. The zero-order chi connectivity index (χ0) is 54.5. The first-order valence-electron chi connectivity index (χ1n) is 24.9. The van der Waals surface area contributed by atoms with Crippen LogP contribution in [-0.2, 0) is 22.7 Å². The summed E-state index contributed by atoms with van der Waals surface area (Å²) in [6, 6.07) is 22.3. The number of benzene rings is 4. The third kappa shape index (κ3) is 11.1. The highest BCUT2D eigenvalue weighted by molar-refractivity contribution is 6.00. The van der Waals surface area contributed by atoms with E-state index in [2.05, 4.69) is 38.4 Å². The van der Waals surface area contributed by atoms with Crippen LogP contribution >= 0.6 is 0 Å². The van der Waals surface area contributed by atoms with Crippen LogP contribution in [-0.4, -0.2) is 111 Å². The van der Waals surface area contributed by atoms with E-state index in [4.69, 9.17) is 21.7 Å². The van der Waals surface area contributed by atoms with E-state index in [0.717, 1.165) is 66.1 Å². The number of hydrogen-bond acceptors (Lipinski definition) is 12. The molecular weight excluding hydrogens is 990 g/mol. The fraction of sp³-hybridized carbons (Fsp3) is 0.250. The number of aryl methyl sites for hydroxylation is 1. The molecule has 2 aliphatic heterocycles. The minimum atomic E-state index is -0.777. The summed E-state index contributed by atoms with van der Waals surface area (Å²) in [6.45, 7) is 11.6. The number of piperidine rings is 2. The van der Waals surface area contributed by atoms with Crippen molar-refractivity contribution in [3.8, 4) is 22.5 Å². The second-order valence-corrected chi connectivity index (χ2v) is 18.9. The van der Waals surface area contributed by atoms with Gasteiger partial charge in [-0.2, -0.15) is 10.2 Å². The first-order valence-corrected chi connectivity index (χ1v) is 24.9. The number of nitrogens with one attached hydrogen (secondary N) is 1. The SMILES string of the molecule is C=CC(=O)N1CCCC(n2nc(-c3ccc(CN(C)C(=O)c4cc(F)ccc4F)cc3)c3c(N)ncnc32)C1.C=CC(=O)N1CCCC(n2nc(-c3ccc(CNC(=O)c4cccc(C)c4F)cc3)c3c(N)ncnc32)C1. The van der Waals surface area contributed by atoms with E-state index >= 15 is 0 Å². The Labute approximate surface area is 440 Å². The fourth-order valence-electron chi connectivity index (χ4n) is 9.73. The van der Waals surface area contributed by atoms with Crippen LogP contribution in [0.1, 0.15) is 75.2 Å². The van der Waals surface area contributed by atoms with E-state index in [1.54, 1.807) is 28.9 Å². The van der Waals surface area contributed by atoms with Crippen molar-refractivity contribution in [1.29, 1.82) is 0 Å². The van der Waals surface area contributed by atoms with Crippen LogP contribution in [0.2, 0.25) is 0 Å². The second-order valence-electron chi connectivity index (χ2n) is 18.9. The molecule has 77 heavy (non-hydrogen) atoms. The summed E-state index contributed by atoms with van der Waals surface area (Å²) < 4.78 is 45.6. The van der Waals surface area contributed by atoms with Crippen LogP contribution in [0.15, 0.2) is 123 Å². The normalized spacial score (nSPS) is 15.4. The van der Waals surface area contributed by atoms with Gasteiger partial charge >= 0.3 is 0 Å². The molecule has 0 spiro atoms. The molecule has 4 amide bonds. The molecule has 21 heteroatoms. The molecule has 0 bridgehead atoms. The van der Waals surface area contributed by atoms with Crippen LogP contribution in [0.5, 0.6) is 0 Å². The van der Waals surface area contributed by atoms with Crippen molar-refractivity contribution in [3.63, 3.8) is 0 Å². The van der Waals surface area contributed by atoms with Crippen LogP contribution in [0.3, 0.4) is 0 Å². The van der Waals surface area contributed by atoms with Gasteiger partial charge in [0.1, 0.15) is 53.1 Å². The maximum atomic E-state index is 14.3. The predicted molar refractivity (Wildman–Crippen MR) is 285 cm³/mol. The van der Waals surface area contributed by atoms with Crippen molar-refractivity contribution in [2.45, 2.75) is 57.8 Å². The number of rotatable bonds is 12. The molecule has 8 aromatic rings. The predicted octanol–water partition coefficient (Wildman–Crippen LogP) is 7.78. The molecule has 18 nitrogen and oxygen atoms in total. The summed E-state index contributed by atoms with van der Waals surface area (Å²) in [4.78, 5) is 71.7. The number of nitrogens with zero attached hydrogens (tertiary/aromatic N) is 11. The van der Waals surface area contributed by atoms with Gasteiger partial charge in [-0.15, -0.1) is 0 Å². The number of fused-ring (bicyclic) bond motifs is 2. The van der Waals surface area contributed by atoms with Gasteiger partial charge < -0.3 is 31.5 Å². The average molecular weight is 1050 g/mol. The third-order valence-corrected chi connectivity index (χ3v) is 13.8. The Bertz CT molecular complexity index is 3570. The molecule has 4 aromatic carbocycles. The minimum absolute atomic E-state index is 0.0187. The van der Waals surface area contributed by atoms with Crippen LogP contribution in [0.25, 0.3) is 44.6 Å². The number of nitrogen functional groups attached to an aromatic ring is 2. The molecule has 2 saturated heterocycles. The summed E-state index contributed by atoms with van der Waals surface area (Å²) in [6.07, 6.45) is 8.79. The number of carbonyl (C=O) groups excluding carboxylic acids is 4. The number of halogens is 3. The zero-order valence-electron chi connectivity index (χ0n) is 42.4. The Morgan fingerprint density at radius 2 is 1.22 bits per heavy atom. The van der Waals surface area contributed by atoms with Gasteiger partial charge in [-0.05, 0) is 85.7 Å². The minimum Gasteiger partial charge on any atom is -0.383 e. The van der Waals surface area contributed by atoms with Crippen molar-refractivity contribution in [1.82, 2.24) is 59.5 Å². The van der Waals surface area contributed by atoms with Crippen LogP contribution in [0.4, 0.5) is 24.8 Å². The van der Waals surface area contributed by atoms with Gasteiger partial charge in [-0.3, -0.25) is 19.2 Å². The van der Waals surface area contributed by atoms with Gasteiger partial charge in [0.05, 0.1) is 34.0 Å². The molecule has 2 unspecified atom stereocenters. The molecule has 5 N–H and O–H groups in total. The summed E-state index contributed by atoms with van der Waals surface area (Å²) in [5, 5.41) is 13.8. The lowest BCUT2D eigenvalue weighted by Crippen LogP contribution is -2.40. The number of likely N-dealkylation sites (tertiary alicyclic amines) is 2. The molecule has 2 aliphatic rings. The first kappa shape index (κ1) is 52.6. The molecule has 10 rings (SSSR count). The van der Waals surface area contributed by atoms with Crippen LogP contribution in [0, 0.1) is 24.4 Å². The standard InChI is InChI=1S/C28H27F2N7O2.C28H28FN7O2/c1-3-23(38)36-12-4-5-20(15-36)37-27-24(26(31)32-16-33-27)25(34-37)18-8-6-17(7-9-18)14-35(2)28(39)21-13-19(29)10-11-22(21)30;1-3-22(37)35-13-5-7-20(15-35)36-27-23(26(30)32-16-33-27)25(34-36)19-11-9-18(10-12-19)14-31-28(38)21-8-4-6-17(2)24(21)29/h3,6-11,13,16,20H,1,4-5,12,14-15H2,2H3,(H2,31,32,33);3-4,6,8-12,16,20H,1,5,7,13-15H2,2H3,(H,31,38)(H2,30,32,33). The van der Waals surface area contributed by atoms with E-state index < -0.39 is 29.3 Å². The smallest absolute Gasteiger partial charge is 0.256 e. The topological polar surface area (TPSA) is 229 Å². The maximum Gasteiger partial charge on any atom is 0.256 e. The quantitative estimate of drug-likeness (QED) is 0.0997. The van der Waals surface area contributed by atoms with E-state index in [9.17, 15) is 32.3 Å². The summed E-state index contributed by atoms with van der Waals surface area (Å²) in [5.41, 5.74) is 18.3. The number of anilines is 2. The van der Waals surface area contributed by atoms with Crippen molar-refractivity contribution >= 4 is 57.3 Å². The van der Waals surface area contributed by atoms with E-state index in [1.165, 1.54) is 42.8 Å². The van der Waals surface area contributed by atoms with Gasteiger partial charge in [0.2, 0.25) is 11.8 Å². The monoisotopic (exact) mass is 1040 g/mol. The Balaban J connectivity index is 0.000000188. The molecule has 0 radical (unpaired) electrons. The lowest BCUT2D eigenvalue weighted by atomic mass is 10.1. The molecular formula is C56H55F3N14O4. The Hall–Kier alpha value is -9.27. The van der Waals surface area contributed by atoms with Gasteiger partial charge in [0, 0.05) is 57.4 Å². The number of hydrogen-bond donors (Lipinski definition) is 3. The van der Waals surface area contributed by atoms with Crippen molar-refractivity contribution in [3.05, 3.63) is 168 Å². The highest BCUT2D eigenvalue weighted by Gasteiger charge is 2.30. The van der Waals surface area contributed by atoms with Crippen LogP contribution < -0.4 is 16.8 Å².